The Kier molecular flexibility index (Phi) is 18.1. The summed E-state index contributed by atoms with van der Waals surface area (Å²) in [6, 6.07) is 0. The van der Waals surface area contributed by atoms with E-state index in [2.05, 4.69) is 44.2 Å². The summed E-state index contributed by atoms with van der Waals surface area (Å²) in [6.45, 7) is 3.15. The van der Waals surface area contributed by atoms with Crippen molar-refractivity contribution in [3.05, 3.63) is 0 Å². The number of aliphatic hydroxyl groups is 1. The van der Waals surface area contributed by atoms with Crippen molar-refractivity contribution in [1.29, 1.82) is 0 Å². The van der Waals surface area contributed by atoms with Crippen LogP contribution in [0.4, 0.5) is 0 Å². The van der Waals surface area contributed by atoms with Gasteiger partial charge in [-0.15, -0.1) is 0 Å². The van der Waals surface area contributed by atoms with Crippen LogP contribution >= 0.6 is 37.2 Å². The Morgan fingerprint density at radius 2 is 1.87 bits per heavy atom. The number of amides is 1. The molecule has 0 bridgehead atoms. The normalized spacial score (nSPS) is 9.13. The van der Waals surface area contributed by atoms with Crippen molar-refractivity contribution in [3.63, 3.8) is 0 Å². The average molecular weight is 441 g/mol. The van der Waals surface area contributed by atoms with Gasteiger partial charge in [0.25, 0.3) is 0 Å². The molecule has 3 nitrogen and oxygen atoms in total. The van der Waals surface area contributed by atoms with Crippen LogP contribution in [-0.4, -0.2) is 36.1 Å². The molecule has 0 spiro atoms. The molecule has 0 rings (SSSR count). The van der Waals surface area contributed by atoms with Crippen LogP contribution in [0.3, 0.4) is 0 Å². The summed E-state index contributed by atoms with van der Waals surface area (Å²) >= 11 is 4.24. The second-order valence-corrected chi connectivity index (χ2v) is 3.35. The quantitative estimate of drug-likeness (QED) is 0.488. The number of nitrogens with zero attached hydrogens (tertiary/aromatic N) is 1. The minimum Gasteiger partial charge on any atom is -0.396 e. The standard InChI is InChI=1S/C10H21NO2.I2/c1-3-8-11(2)10(13)7-5-4-6-9-12;1-2/h12H,3-9H2,1-2H3;. The first-order valence-electron chi connectivity index (χ1n) is 5.21. The van der Waals surface area contributed by atoms with Crippen molar-refractivity contribution >= 4 is 43.1 Å². The highest BCUT2D eigenvalue weighted by atomic mass is 128. The lowest BCUT2D eigenvalue weighted by atomic mass is 10.2. The molecule has 0 aliphatic rings. The molecule has 1 amide bonds. The highest BCUT2D eigenvalue weighted by molar-refractivity contribution is 15.0. The maximum Gasteiger partial charge on any atom is 0.222 e. The topological polar surface area (TPSA) is 40.5 Å². The smallest absolute Gasteiger partial charge is 0.222 e. The molecule has 0 heterocycles. The van der Waals surface area contributed by atoms with Crippen molar-refractivity contribution in [2.24, 2.45) is 0 Å². The fourth-order valence-electron chi connectivity index (χ4n) is 1.22. The third kappa shape index (κ3) is 12.8. The summed E-state index contributed by atoms with van der Waals surface area (Å²) in [5, 5.41) is 8.53. The molecule has 0 aromatic rings. The predicted octanol–water partition coefficient (Wildman–Crippen LogP) is 3.18. The van der Waals surface area contributed by atoms with E-state index in [1.54, 1.807) is 4.90 Å². The van der Waals surface area contributed by atoms with E-state index >= 15 is 0 Å². The lowest BCUT2D eigenvalue weighted by Crippen LogP contribution is -2.26. The van der Waals surface area contributed by atoms with Gasteiger partial charge in [-0.3, -0.25) is 4.79 Å². The van der Waals surface area contributed by atoms with Crippen LogP contribution < -0.4 is 0 Å². The molecule has 1 N–H and O–H groups in total. The minimum atomic E-state index is 0.222. The largest absolute Gasteiger partial charge is 0.396 e. The van der Waals surface area contributed by atoms with Gasteiger partial charge < -0.3 is 10.0 Å². The SMILES string of the molecule is CCCN(C)C(=O)CCCCCO.II. The van der Waals surface area contributed by atoms with Gasteiger partial charge in [0.2, 0.25) is 5.91 Å². The molecule has 5 heteroatoms. The van der Waals surface area contributed by atoms with Gasteiger partial charge in [0, 0.05) is 63.9 Å². The summed E-state index contributed by atoms with van der Waals surface area (Å²) in [5.74, 6) is 0.222. The first-order valence-corrected chi connectivity index (χ1v) is 11.5. The predicted molar refractivity (Wildman–Crippen MR) is 81.5 cm³/mol. The lowest BCUT2D eigenvalue weighted by molar-refractivity contribution is -0.130. The van der Waals surface area contributed by atoms with E-state index in [0.29, 0.717) is 6.42 Å². The van der Waals surface area contributed by atoms with Gasteiger partial charge in [-0.25, -0.2) is 0 Å². The van der Waals surface area contributed by atoms with Crippen molar-refractivity contribution in [1.82, 2.24) is 4.90 Å². The zero-order valence-corrected chi connectivity index (χ0v) is 13.8. The average Bonchev–Trinajstić information content (AvgIpc) is 2.27. The third-order valence-electron chi connectivity index (χ3n) is 2.03. The highest BCUT2D eigenvalue weighted by Gasteiger charge is 2.05. The van der Waals surface area contributed by atoms with Gasteiger partial charge in [0.05, 0.1) is 0 Å². The Balaban J connectivity index is 0. The van der Waals surface area contributed by atoms with Gasteiger partial charge in [-0.1, -0.05) is 13.3 Å². The molecular weight excluding hydrogens is 420 g/mol. The van der Waals surface area contributed by atoms with E-state index < -0.39 is 0 Å². The van der Waals surface area contributed by atoms with Crippen molar-refractivity contribution in [3.8, 4) is 0 Å². The van der Waals surface area contributed by atoms with E-state index in [4.69, 9.17) is 5.11 Å². The molecular formula is C10H21I2NO2. The third-order valence-corrected chi connectivity index (χ3v) is 2.03. The zero-order chi connectivity index (χ0) is 12.1. The Labute approximate surface area is 116 Å². The number of halogens is 2. The molecule has 0 saturated heterocycles. The van der Waals surface area contributed by atoms with Gasteiger partial charge in [-0.2, -0.15) is 0 Å². The van der Waals surface area contributed by atoms with Gasteiger partial charge in [-0.05, 0) is 19.3 Å². The second-order valence-electron chi connectivity index (χ2n) is 3.35. The van der Waals surface area contributed by atoms with Crippen molar-refractivity contribution in [2.75, 3.05) is 20.2 Å². The molecule has 0 aromatic heterocycles. The zero-order valence-electron chi connectivity index (χ0n) is 9.51. The minimum absolute atomic E-state index is 0.222. The Bertz CT molecular complexity index is 145. The Morgan fingerprint density at radius 1 is 1.27 bits per heavy atom. The fraction of sp³-hybridized carbons (Fsp3) is 0.900. The molecule has 0 unspecified atom stereocenters. The molecule has 0 aliphatic carbocycles. The van der Waals surface area contributed by atoms with E-state index in [-0.39, 0.29) is 12.5 Å². The van der Waals surface area contributed by atoms with Gasteiger partial charge >= 0.3 is 0 Å². The fourth-order valence-corrected chi connectivity index (χ4v) is 1.22. The summed E-state index contributed by atoms with van der Waals surface area (Å²) in [7, 11) is 1.85. The molecule has 0 fully saturated rings. The Morgan fingerprint density at radius 3 is 2.33 bits per heavy atom. The maximum atomic E-state index is 11.4. The number of carbonyl (C=O) groups is 1. The van der Waals surface area contributed by atoms with Crippen LogP contribution in [0.1, 0.15) is 39.0 Å². The first-order chi connectivity index (χ1) is 7.22. The molecule has 15 heavy (non-hydrogen) atoms. The lowest BCUT2D eigenvalue weighted by Gasteiger charge is -2.15. The Hall–Kier alpha value is 0.890. The molecule has 0 aliphatic heterocycles. The van der Waals surface area contributed by atoms with E-state index in [1.165, 1.54) is 0 Å². The molecule has 0 atom stereocenters. The van der Waals surface area contributed by atoms with Gasteiger partial charge in [0.1, 0.15) is 0 Å². The van der Waals surface area contributed by atoms with Gasteiger partial charge in [0.15, 0.2) is 0 Å². The van der Waals surface area contributed by atoms with Crippen molar-refractivity contribution in [2.45, 2.75) is 39.0 Å². The van der Waals surface area contributed by atoms with Crippen LogP contribution in [-0.2, 0) is 4.79 Å². The second kappa shape index (κ2) is 14.9. The van der Waals surface area contributed by atoms with E-state index in [9.17, 15) is 4.79 Å². The van der Waals surface area contributed by atoms with E-state index in [1.807, 2.05) is 7.05 Å². The van der Waals surface area contributed by atoms with Crippen LogP contribution in [0.2, 0.25) is 0 Å². The first kappa shape index (κ1) is 18.3. The number of carbonyl (C=O) groups excluding carboxylic acids is 1. The van der Waals surface area contributed by atoms with Crippen LogP contribution in [0.15, 0.2) is 0 Å². The highest BCUT2D eigenvalue weighted by Crippen LogP contribution is 2.02. The molecule has 92 valence electrons. The number of aliphatic hydroxyl groups excluding tert-OH is 1. The number of unbranched alkanes of at least 4 members (excludes halogenated alkanes) is 2. The summed E-state index contributed by atoms with van der Waals surface area (Å²) in [4.78, 5) is 13.1. The number of rotatable bonds is 7. The van der Waals surface area contributed by atoms with E-state index in [0.717, 1.165) is 32.2 Å². The van der Waals surface area contributed by atoms with Crippen LogP contribution in [0.5, 0.6) is 0 Å². The van der Waals surface area contributed by atoms with Crippen LogP contribution in [0, 0.1) is 0 Å². The van der Waals surface area contributed by atoms with Crippen molar-refractivity contribution < 1.29 is 9.90 Å². The molecule has 0 aromatic carbocycles. The maximum absolute atomic E-state index is 11.4. The summed E-state index contributed by atoms with van der Waals surface area (Å²) in [5.41, 5.74) is 0. The van der Waals surface area contributed by atoms with Crippen LogP contribution in [0.25, 0.3) is 0 Å². The summed E-state index contributed by atoms with van der Waals surface area (Å²) < 4.78 is 0. The number of hydrogen-bond donors (Lipinski definition) is 1. The molecule has 0 saturated carbocycles. The summed E-state index contributed by atoms with van der Waals surface area (Å²) in [6.07, 6.45) is 4.29. The number of hydrogen-bond acceptors (Lipinski definition) is 2. The molecule has 0 radical (unpaired) electrons. The monoisotopic (exact) mass is 441 g/mol.